The van der Waals surface area contributed by atoms with Gasteiger partial charge in [0.1, 0.15) is 0 Å². The molecule has 3 aliphatic rings. The van der Waals surface area contributed by atoms with E-state index in [0.717, 1.165) is 25.7 Å². The average molecular weight is 419 g/mol. The fourth-order valence-corrected chi connectivity index (χ4v) is 5.48. The van der Waals surface area contributed by atoms with Gasteiger partial charge in [0.2, 0.25) is 11.8 Å². The van der Waals surface area contributed by atoms with Gasteiger partial charge in [0.15, 0.2) is 11.6 Å². The van der Waals surface area contributed by atoms with Gasteiger partial charge in [-0.05, 0) is 51.4 Å². The normalized spacial score (nSPS) is 29.7. The van der Waals surface area contributed by atoms with Crippen LogP contribution >= 0.6 is 0 Å². The quantitative estimate of drug-likeness (QED) is 0.664. The topological polar surface area (TPSA) is 74.8 Å². The van der Waals surface area contributed by atoms with Crippen LogP contribution in [0.15, 0.2) is 0 Å². The lowest BCUT2D eigenvalue weighted by Gasteiger charge is -2.35. The fourth-order valence-electron chi connectivity index (χ4n) is 5.48. The zero-order valence-corrected chi connectivity index (χ0v) is 19.1. The summed E-state index contributed by atoms with van der Waals surface area (Å²) in [7, 11) is 0. The van der Waals surface area contributed by atoms with E-state index >= 15 is 0 Å². The molecule has 2 aliphatic heterocycles. The minimum absolute atomic E-state index is 0.0567. The predicted octanol–water partition coefficient (Wildman–Crippen LogP) is 3.23. The summed E-state index contributed by atoms with van der Waals surface area (Å²) in [6.07, 6.45) is 6.13. The Bertz CT molecular complexity index is 621. The van der Waals surface area contributed by atoms with Crippen molar-refractivity contribution in [1.29, 1.82) is 0 Å². The maximum atomic E-state index is 13.1. The highest BCUT2D eigenvalue weighted by Gasteiger charge is 2.42. The summed E-state index contributed by atoms with van der Waals surface area (Å²) in [5.41, 5.74) is 0. The van der Waals surface area contributed by atoms with Crippen molar-refractivity contribution in [3.05, 3.63) is 0 Å². The molecule has 0 bridgehead atoms. The third-order valence-electron chi connectivity index (χ3n) is 7.29. The van der Waals surface area contributed by atoms with Crippen molar-refractivity contribution in [3.8, 4) is 0 Å². The van der Waals surface area contributed by atoms with Gasteiger partial charge in [0, 0.05) is 36.8 Å². The number of nitrogens with zero attached hydrogens (tertiary/aromatic N) is 2. The molecule has 6 heteroatoms. The molecule has 1 aliphatic carbocycles. The Morgan fingerprint density at radius 3 is 1.23 bits per heavy atom. The zero-order valence-electron chi connectivity index (χ0n) is 19.1. The van der Waals surface area contributed by atoms with Gasteiger partial charge >= 0.3 is 0 Å². The molecule has 2 atom stereocenters. The molecule has 0 aromatic carbocycles. The Kier molecular flexibility index (Phi) is 7.35. The van der Waals surface area contributed by atoms with Crippen molar-refractivity contribution in [2.45, 2.75) is 91.1 Å². The Hall–Kier alpha value is -1.72. The second-order valence-electron chi connectivity index (χ2n) is 10.0. The number of rotatable bonds is 6. The zero-order chi connectivity index (χ0) is 22.0. The van der Waals surface area contributed by atoms with E-state index in [1.807, 2.05) is 37.5 Å². The van der Waals surface area contributed by atoms with Crippen LogP contribution in [0.4, 0.5) is 0 Å². The van der Waals surface area contributed by atoms with Gasteiger partial charge in [-0.1, -0.05) is 27.7 Å². The molecule has 2 amide bonds. The number of amides is 2. The molecule has 0 spiro atoms. The Balaban J connectivity index is 1.56. The van der Waals surface area contributed by atoms with Crippen molar-refractivity contribution in [2.24, 2.45) is 23.7 Å². The lowest BCUT2D eigenvalue weighted by atomic mass is 9.80. The van der Waals surface area contributed by atoms with Crippen LogP contribution in [0.3, 0.4) is 0 Å². The van der Waals surface area contributed by atoms with Crippen LogP contribution in [-0.4, -0.2) is 58.4 Å². The Morgan fingerprint density at radius 1 is 0.600 bits per heavy atom. The van der Waals surface area contributed by atoms with Crippen molar-refractivity contribution in [2.75, 3.05) is 13.1 Å². The van der Waals surface area contributed by atoms with Crippen molar-refractivity contribution in [3.63, 3.8) is 0 Å². The van der Waals surface area contributed by atoms with Crippen molar-refractivity contribution >= 4 is 23.4 Å². The molecule has 1 saturated carbocycles. The van der Waals surface area contributed by atoms with Gasteiger partial charge in [-0.15, -0.1) is 0 Å². The summed E-state index contributed by atoms with van der Waals surface area (Å²) in [6.45, 7) is 8.94. The molecule has 3 rings (SSSR count). The molecule has 30 heavy (non-hydrogen) atoms. The van der Waals surface area contributed by atoms with E-state index in [2.05, 4.69) is 0 Å². The van der Waals surface area contributed by atoms with E-state index in [1.165, 1.54) is 0 Å². The van der Waals surface area contributed by atoms with Crippen LogP contribution in [0.5, 0.6) is 0 Å². The van der Waals surface area contributed by atoms with Gasteiger partial charge in [-0.25, -0.2) is 0 Å². The third kappa shape index (κ3) is 4.62. The van der Waals surface area contributed by atoms with Crippen LogP contribution in [0, 0.1) is 23.7 Å². The minimum Gasteiger partial charge on any atom is -0.332 e. The second kappa shape index (κ2) is 9.61. The number of carbonyl (C=O) groups is 4. The van der Waals surface area contributed by atoms with Crippen LogP contribution in [-0.2, 0) is 19.2 Å². The Morgan fingerprint density at radius 2 is 0.933 bits per heavy atom. The molecule has 0 radical (unpaired) electrons. The van der Waals surface area contributed by atoms with E-state index in [0.29, 0.717) is 38.8 Å². The van der Waals surface area contributed by atoms with Crippen molar-refractivity contribution in [1.82, 2.24) is 9.80 Å². The SMILES string of the molecule is CC(C)C(=O)[C@@H]1CCCN1C(=O)C1CCC(C(=O)N2CCC[C@H]2C(=O)C(C)C)CC1. The number of likely N-dealkylation sites (tertiary alicyclic amines) is 2. The van der Waals surface area contributed by atoms with Gasteiger partial charge in [0.05, 0.1) is 12.1 Å². The highest BCUT2D eigenvalue weighted by molar-refractivity contribution is 5.92. The van der Waals surface area contributed by atoms with E-state index in [4.69, 9.17) is 0 Å². The van der Waals surface area contributed by atoms with Crippen LogP contribution in [0.1, 0.15) is 79.1 Å². The number of carbonyl (C=O) groups excluding carboxylic acids is 4. The highest BCUT2D eigenvalue weighted by Crippen LogP contribution is 2.35. The summed E-state index contributed by atoms with van der Waals surface area (Å²) < 4.78 is 0. The summed E-state index contributed by atoms with van der Waals surface area (Å²) >= 11 is 0. The first kappa shape index (κ1) is 23.0. The van der Waals surface area contributed by atoms with E-state index in [-0.39, 0.29) is 59.1 Å². The summed E-state index contributed by atoms with van der Waals surface area (Å²) in [5, 5.41) is 0. The second-order valence-corrected chi connectivity index (χ2v) is 10.0. The first-order chi connectivity index (χ1) is 14.2. The maximum absolute atomic E-state index is 13.1. The maximum Gasteiger partial charge on any atom is 0.226 e. The first-order valence-electron chi connectivity index (χ1n) is 11.9. The number of ketones is 2. The van der Waals surface area contributed by atoms with Gasteiger partial charge in [-0.3, -0.25) is 19.2 Å². The van der Waals surface area contributed by atoms with Crippen LogP contribution in [0.2, 0.25) is 0 Å². The number of hydrogen-bond donors (Lipinski definition) is 0. The monoisotopic (exact) mass is 418 g/mol. The third-order valence-corrected chi connectivity index (χ3v) is 7.29. The molecule has 0 N–H and O–H groups in total. The van der Waals surface area contributed by atoms with E-state index in [9.17, 15) is 19.2 Å². The summed E-state index contributed by atoms with van der Waals surface area (Å²) in [4.78, 5) is 54.9. The predicted molar refractivity (Wildman–Crippen MR) is 115 cm³/mol. The van der Waals surface area contributed by atoms with Crippen LogP contribution < -0.4 is 0 Å². The summed E-state index contributed by atoms with van der Waals surface area (Å²) in [5.74, 6) is 0.261. The van der Waals surface area contributed by atoms with E-state index in [1.54, 1.807) is 0 Å². The number of hydrogen-bond acceptors (Lipinski definition) is 4. The number of Topliss-reactive ketones (excluding diaryl/α,β-unsaturated/α-hetero) is 2. The van der Waals surface area contributed by atoms with Crippen molar-refractivity contribution < 1.29 is 19.2 Å². The molecule has 0 unspecified atom stereocenters. The van der Waals surface area contributed by atoms with Gasteiger partial charge in [0.25, 0.3) is 0 Å². The van der Waals surface area contributed by atoms with Crippen LogP contribution in [0.25, 0.3) is 0 Å². The molecular formula is C24H38N2O4. The van der Waals surface area contributed by atoms with Gasteiger partial charge < -0.3 is 9.80 Å². The molecular weight excluding hydrogens is 380 g/mol. The highest BCUT2D eigenvalue weighted by atomic mass is 16.2. The molecule has 6 nitrogen and oxygen atoms in total. The molecule has 2 heterocycles. The lowest BCUT2D eigenvalue weighted by molar-refractivity contribution is -0.146. The molecule has 3 fully saturated rings. The van der Waals surface area contributed by atoms with Gasteiger partial charge in [-0.2, -0.15) is 0 Å². The fraction of sp³-hybridized carbons (Fsp3) is 0.833. The average Bonchev–Trinajstić information content (AvgIpc) is 3.41. The standard InChI is InChI=1S/C24H38N2O4/c1-15(2)21(27)19-7-5-13-25(19)23(29)17-9-11-18(12-10-17)24(30)26-14-6-8-20(26)22(28)16(3)4/h15-20H,5-14H2,1-4H3/t17?,18?,19-,20-/m0/s1. The summed E-state index contributed by atoms with van der Waals surface area (Å²) in [6, 6.07) is -0.520. The molecule has 0 aromatic heterocycles. The minimum atomic E-state index is -0.260. The molecule has 0 aromatic rings. The van der Waals surface area contributed by atoms with E-state index < -0.39 is 0 Å². The molecule has 2 saturated heterocycles. The largest absolute Gasteiger partial charge is 0.332 e. The smallest absolute Gasteiger partial charge is 0.226 e. The molecule has 168 valence electrons. The first-order valence-corrected chi connectivity index (χ1v) is 11.9. The lowest BCUT2D eigenvalue weighted by Crippen LogP contribution is -2.47. The Labute approximate surface area is 180 Å².